The summed E-state index contributed by atoms with van der Waals surface area (Å²) >= 11 is 7.12. The second-order valence-electron chi connectivity index (χ2n) is 6.72. The molecule has 3 rings (SSSR count). The number of rotatable bonds is 6. The highest BCUT2D eigenvalue weighted by molar-refractivity contribution is 7.13. The minimum Gasteiger partial charge on any atom is -0.353 e. The summed E-state index contributed by atoms with van der Waals surface area (Å²) in [4.78, 5) is 24.4. The van der Waals surface area contributed by atoms with E-state index in [1.54, 1.807) is 24.3 Å². The lowest BCUT2D eigenvalue weighted by Crippen LogP contribution is -2.34. The number of anilines is 1. The van der Waals surface area contributed by atoms with Crippen LogP contribution >= 0.6 is 22.9 Å². The first kappa shape index (κ1) is 19.8. The minimum atomic E-state index is -0.330. The van der Waals surface area contributed by atoms with E-state index < -0.39 is 0 Å². The average molecular weight is 407 g/mol. The van der Waals surface area contributed by atoms with Gasteiger partial charge in [0.25, 0.3) is 5.91 Å². The molecule has 2 aromatic rings. The summed E-state index contributed by atoms with van der Waals surface area (Å²) in [6.07, 6.45) is 7.88. The molecule has 6 nitrogen and oxygen atoms in total. The number of benzene rings is 1. The zero-order chi connectivity index (χ0) is 19.1. The number of aromatic nitrogens is 2. The van der Waals surface area contributed by atoms with E-state index in [1.807, 2.05) is 0 Å². The molecule has 0 aliphatic heterocycles. The van der Waals surface area contributed by atoms with Gasteiger partial charge in [0.15, 0.2) is 0 Å². The maximum absolute atomic E-state index is 12.2. The van der Waals surface area contributed by atoms with E-state index in [2.05, 4.69) is 20.8 Å². The van der Waals surface area contributed by atoms with Gasteiger partial charge in [-0.1, -0.05) is 54.7 Å². The molecule has 1 aliphatic carbocycles. The van der Waals surface area contributed by atoms with Gasteiger partial charge in [-0.2, -0.15) is 0 Å². The Morgan fingerprint density at radius 3 is 2.67 bits per heavy atom. The molecule has 0 saturated heterocycles. The molecule has 0 bridgehead atoms. The monoisotopic (exact) mass is 406 g/mol. The fraction of sp³-hybridized carbons (Fsp3) is 0.474. The van der Waals surface area contributed by atoms with Crippen LogP contribution in [0.5, 0.6) is 0 Å². The third-order valence-electron chi connectivity index (χ3n) is 4.53. The van der Waals surface area contributed by atoms with E-state index in [0.29, 0.717) is 34.6 Å². The quantitative estimate of drug-likeness (QED) is 0.703. The number of nitrogens with zero attached hydrogens (tertiary/aromatic N) is 2. The first-order valence-electron chi connectivity index (χ1n) is 9.29. The average Bonchev–Trinajstić information content (AvgIpc) is 2.98. The summed E-state index contributed by atoms with van der Waals surface area (Å²) in [5.74, 6) is -0.286. The van der Waals surface area contributed by atoms with E-state index in [-0.39, 0.29) is 16.8 Å². The molecule has 2 amide bonds. The molecule has 8 heteroatoms. The molecule has 1 saturated carbocycles. The van der Waals surface area contributed by atoms with Crippen molar-refractivity contribution in [1.29, 1.82) is 0 Å². The molecule has 0 spiro atoms. The Hall–Kier alpha value is -1.99. The van der Waals surface area contributed by atoms with Gasteiger partial charge in [0.1, 0.15) is 5.01 Å². The van der Waals surface area contributed by atoms with Gasteiger partial charge < -0.3 is 10.6 Å². The van der Waals surface area contributed by atoms with Crippen LogP contribution in [0.2, 0.25) is 5.02 Å². The number of aryl methyl sites for hydroxylation is 1. The number of carbonyl (C=O) groups is 2. The topological polar surface area (TPSA) is 84.0 Å². The molecule has 1 aliphatic rings. The van der Waals surface area contributed by atoms with Crippen molar-refractivity contribution in [3.63, 3.8) is 0 Å². The standard InChI is InChI=1S/C19H23ClN4O2S/c20-13-6-5-9-15(12-13)22-18(26)19-24-23-17(27-19)11-10-16(25)21-14-7-3-1-2-4-8-14/h5-6,9,12,14H,1-4,7-8,10-11H2,(H,21,25)(H,22,26). The lowest BCUT2D eigenvalue weighted by atomic mass is 10.1. The smallest absolute Gasteiger partial charge is 0.286 e. The van der Waals surface area contributed by atoms with Crippen molar-refractivity contribution in [2.24, 2.45) is 0 Å². The highest BCUT2D eigenvalue weighted by atomic mass is 35.5. The third kappa shape index (κ3) is 6.29. The maximum atomic E-state index is 12.2. The Bertz CT molecular complexity index is 788. The van der Waals surface area contributed by atoms with E-state index in [0.717, 1.165) is 12.8 Å². The van der Waals surface area contributed by atoms with E-state index in [9.17, 15) is 9.59 Å². The van der Waals surface area contributed by atoms with Crippen molar-refractivity contribution in [2.75, 3.05) is 5.32 Å². The summed E-state index contributed by atoms with van der Waals surface area (Å²) in [6.45, 7) is 0. The first-order valence-corrected chi connectivity index (χ1v) is 10.5. The molecular weight excluding hydrogens is 384 g/mol. The van der Waals surface area contributed by atoms with E-state index >= 15 is 0 Å². The largest absolute Gasteiger partial charge is 0.353 e. The van der Waals surface area contributed by atoms with Gasteiger partial charge in [-0.15, -0.1) is 10.2 Å². The summed E-state index contributed by atoms with van der Waals surface area (Å²) in [5.41, 5.74) is 0.604. The molecule has 0 radical (unpaired) electrons. The van der Waals surface area contributed by atoms with Gasteiger partial charge >= 0.3 is 0 Å². The zero-order valence-corrected chi connectivity index (χ0v) is 16.6. The Balaban J connectivity index is 1.47. The van der Waals surface area contributed by atoms with E-state index in [1.165, 1.54) is 37.0 Å². The lowest BCUT2D eigenvalue weighted by molar-refractivity contribution is -0.121. The van der Waals surface area contributed by atoms with Crippen molar-refractivity contribution in [3.8, 4) is 0 Å². The molecule has 27 heavy (non-hydrogen) atoms. The van der Waals surface area contributed by atoms with Crippen molar-refractivity contribution >= 4 is 40.4 Å². The fourth-order valence-electron chi connectivity index (χ4n) is 3.14. The number of amides is 2. The van der Waals surface area contributed by atoms with Crippen molar-refractivity contribution < 1.29 is 9.59 Å². The predicted molar refractivity (Wildman–Crippen MR) is 107 cm³/mol. The van der Waals surface area contributed by atoms with Gasteiger partial charge in [-0.3, -0.25) is 9.59 Å². The summed E-state index contributed by atoms with van der Waals surface area (Å²) in [5, 5.41) is 15.3. The molecular formula is C19H23ClN4O2S. The Morgan fingerprint density at radius 1 is 1.15 bits per heavy atom. The molecule has 1 fully saturated rings. The zero-order valence-electron chi connectivity index (χ0n) is 15.0. The number of halogens is 1. The SMILES string of the molecule is O=C(CCc1nnc(C(=O)Nc2cccc(Cl)c2)s1)NC1CCCCCC1. The maximum Gasteiger partial charge on any atom is 0.286 e. The number of hydrogen-bond acceptors (Lipinski definition) is 5. The van der Waals surface area contributed by atoms with Crippen LogP contribution in [0.25, 0.3) is 0 Å². The van der Waals surface area contributed by atoms with E-state index in [4.69, 9.17) is 11.6 Å². The van der Waals surface area contributed by atoms with Crippen LogP contribution in [0.1, 0.15) is 59.8 Å². The Kier molecular flexibility index (Phi) is 7.18. The molecule has 1 aromatic heterocycles. The molecule has 2 N–H and O–H groups in total. The van der Waals surface area contributed by atoms with Crippen LogP contribution in [0.4, 0.5) is 5.69 Å². The van der Waals surface area contributed by atoms with Crippen molar-refractivity contribution in [3.05, 3.63) is 39.3 Å². The number of nitrogens with one attached hydrogen (secondary N) is 2. The van der Waals surface area contributed by atoms with Crippen molar-refractivity contribution in [1.82, 2.24) is 15.5 Å². The lowest BCUT2D eigenvalue weighted by Gasteiger charge is -2.15. The fourth-order valence-corrected chi connectivity index (χ4v) is 4.07. The highest BCUT2D eigenvalue weighted by Crippen LogP contribution is 2.19. The third-order valence-corrected chi connectivity index (χ3v) is 5.75. The first-order chi connectivity index (χ1) is 13.1. The normalized spacial score (nSPS) is 15.1. The summed E-state index contributed by atoms with van der Waals surface area (Å²) < 4.78 is 0. The van der Waals surface area contributed by atoms with Crippen LogP contribution in [0.3, 0.4) is 0 Å². The summed E-state index contributed by atoms with van der Waals surface area (Å²) in [7, 11) is 0. The Labute approximate surface area is 167 Å². The van der Waals surface area contributed by atoms with Gasteiger partial charge in [0.05, 0.1) is 0 Å². The van der Waals surface area contributed by atoms with Crippen LogP contribution in [0, 0.1) is 0 Å². The number of hydrogen-bond donors (Lipinski definition) is 2. The molecule has 0 atom stereocenters. The van der Waals surface area contributed by atoms with Crippen LogP contribution in [-0.4, -0.2) is 28.1 Å². The highest BCUT2D eigenvalue weighted by Gasteiger charge is 2.17. The molecule has 1 heterocycles. The van der Waals surface area contributed by atoms with Gasteiger partial charge in [-0.05, 0) is 31.0 Å². The van der Waals surface area contributed by atoms with Crippen LogP contribution < -0.4 is 10.6 Å². The second-order valence-corrected chi connectivity index (χ2v) is 8.22. The van der Waals surface area contributed by atoms with Crippen LogP contribution in [-0.2, 0) is 11.2 Å². The minimum absolute atomic E-state index is 0.0435. The number of carbonyl (C=O) groups excluding carboxylic acids is 2. The molecule has 1 aromatic carbocycles. The van der Waals surface area contributed by atoms with Crippen LogP contribution in [0.15, 0.2) is 24.3 Å². The molecule has 0 unspecified atom stereocenters. The van der Waals surface area contributed by atoms with Gasteiger partial charge in [0, 0.05) is 29.6 Å². The summed E-state index contributed by atoms with van der Waals surface area (Å²) in [6, 6.07) is 7.22. The second kappa shape index (κ2) is 9.80. The predicted octanol–water partition coefficient (Wildman–Crippen LogP) is 4.22. The van der Waals surface area contributed by atoms with Gasteiger partial charge in [-0.25, -0.2) is 0 Å². The molecule has 144 valence electrons. The van der Waals surface area contributed by atoms with Crippen molar-refractivity contribution in [2.45, 2.75) is 57.4 Å². The van der Waals surface area contributed by atoms with Gasteiger partial charge in [0.2, 0.25) is 10.9 Å². The Morgan fingerprint density at radius 2 is 1.93 bits per heavy atom.